The van der Waals surface area contributed by atoms with Crippen LogP contribution in [0.2, 0.25) is 5.02 Å². The summed E-state index contributed by atoms with van der Waals surface area (Å²) in [6.07, 6.45) is 3.24. The van der Waals surface area contributed by atoms with Crippen LogP contribution in [0.15, 0.2) is 54.6 Å². The monoisotopic (exact) mass is 328 g/mol. The second-order valence-corrected chi connectivity index (χ2v) is 6.20. The molecule has 0 fully saturated rings. The van der Waals surface area contributed by atoms with Crippen LogP contribution in [0.1, 0.15) is 10.6 Å². The molecule has 22 heavy (non-hydrogen) atoms. The Kier molecular flexibility index (Phi) is 4.51. The Morgan fingerprint density at radius 3 is 2.91 bits per heavy atom. The van der Waals surface area contributed by atoms with Crippen LogP contribution in [0, 0.1) is 0 Å². The number of hydrogen-bond donors (Lipinski definition) is 1. The lowest BCUT2D eigenvalue weighted by Crippen LogP contribution is -2.20. The zero-order chi connectivity index (χ0) is 15.4. The van der Waals surface area contributed by atoms with E-state index in [4.69, 9.17) is 11.6 Å². The molecule has 2 aromatic carbocycles. The topological polar surface area (TPSA) is 42.0 Å². The molecule has 0 aliphatic carbocycles. The fourth-order valence-electron chi connectivity index (χ4n) is 2.00. The second-order valence-electron chi connectivity index (χ2n) is 4.70. The maximum Gasteiger partial charge on any atom is 0.244 e. The summed E-state index contributed by atoms with van der Waals surface area (Å²) >= 11 is 7.47. The van der Waals surface area contributed by atoms with Crippen LogP contribution < -0.4 is 5.32 Å². The van der Waals surface area contributed by atoms with Gasteiger partial charge in [-0.3, -0.25) is 4.79 Å². The SMILES string of the molecule is O=C(/C=C/c1nc2ccccc2s1)NCc1cccc(Cl)c1. The van der Waals surface area contributed by atoms with E-state index < -0.39 is 0 Å². The Balaban J connectivity index is 1.61. The molecule has 110 valence electrons. The number of benzene rings is 2. The minimum Gasteiger partial charge on any atom is -0.348 e. The summed E-state index contributed by atoms with van der Waals surface area (Å²) in [5.74, 6) is -0.153. The molecule has 0 aliphatic heterocycles. The van der Waals surface area contributed by atoms with Crippen molar-refractivity contribution < 1.29 is 4.79 Å². The van der Waals surface area contributed by atoms with Crippen LogP contribution in [0.3, 0.4) is 0 Å². The van der Waals surface area contributed by atoms with Crippen LogP contribution in [0.25, 0.3) is 16.3 Å². The molecule has 0 aliphatic rings. The summed E-state index contributed by atoms with van der Waals surface area (Å²) in [4.78, 5) is 16.3. The highest BCUT2D eigenvalue weighted by molar-refractivity contribution is 7.19. The Hall–Kier alpha value is -2.17. The molecule has 3 nitrogen and oxygen atoms in total. The first-order valence-corrected chi connectivity index (χ1v) is 7.96. The van der Waals surface area contributed by atoms with Crippen molar-refractivity contribution in [2.45, 2.75) is 6.54 Å². The number of aromatic nitrogens is 1. The number of halogens is 1. The lowest BCUT2D eigenvalue weighted by atomic mass is 10.2. The Labute approximate surface area is 137 Å². The number of para-hydroxylation sites is 1. The summed E-state index contributed by atoms with van der Waals surface area (Å²) in [6, 6.07) is 15.3. The number of amides is 1. The van der Waals surface area contributed by atoms with Crippen LogP contribution in [0.4, 0.5) is 0 Å². The highest BCUT2D eigenvalue weighted by atomic mass is 35.5. The number of carbonyl (C=O) groups excluding carboxylic acids is 1. The normalized spacial score (nSPS) is 11.1. The molecule has 0 saturated heterocycles. The van der Waals surface area contributed by atoms with Gasteiger partial charge in [-0.1, -0.05) is 35.9 Å². The second kappa shape index (κ2) is 6.73. The molecule has 0 unspecified atom stereocenters. The minimum absolute atomic E-state index is 0.153. The minimum atomic E-state index is -0.153. The highest BCUT2D eigenvalue weighted by Gasteiger charge is 2.01. The van der Waals surface area contributed by atoms with Crippen molar-refractivity contribution in [1.82, 2.24) is 10.3 Å². The van der Waals surface area contributed by atoms with Gasteiger partial charge >= 0.3 is 0 Å². The van der Waals surface area contributed by atoms with Crippen LogP contribution in [-0.4, -0.2) is 10.9 Å². The van der Waals surface area contributed by atoms with Gasteiger partial charge in [0, 0.05) is 17.6 Å². The van der Waals surface area contributed by atoms with Crippen molar-refractivity contribution in [2.75, 3.05) is 0 Å². The molecular formula is C17H13ClN2OS. The van der Waals surface area contributed by atoms with E-state index in [1.54, 1.807) is 23.5 Å². The van der Waals surface area contributed by atoms with Crippen LogP contribution in [-0.2, 0) is 11.3 Å². The molecular weight excluding hydrogens is 316 g/mol. The van der Waals surface area contributed by atoms with Crippen molar-refractivity contribution in [3.63, 3.8) is 0 Å². The maximum atomic E-state index is 11.8. The maximum absolute atomic E-state index is 11.8. The first kappa shape index (κ1) is 14.8. The van der Waals surface area contributed by atoms with Gasteiger partial charge in [0.2, 0.25) is 5.91 Å². The van der Waals surface area contributed by atoms with Gasteiger partial charge in [0.15, 0.2) is 0 Å². The number of carbonyl (C=O) groups is 1. The quantitative estimate of drug-likeness (QED) is 0.726. The fourth-order valence-corrected chi connectivity index (χ4v) is 3.09. The van der Waals surface area contributed by atoms with E-state index in [0.29, 0.717) is 11.6 Å². The molecule has 1 aromatic heterocycles. The van der Waals surface area contributed by atoms with E-state index in [0.717, 1.165) is 20.8 Å². The average Bonchev–Trinajstić information content (AvgIpc) is 2.94. The summed E-state index contributed by atoms with van der Waals surface area (Å²) < 4.78 is 1.11. The first-order valence-electron chi connectivity index (χ1n) is 6.77. The molecule has 3 aromatic rings. The van der Waals surface area contributed by atoms with E-state index in [-0.39, 0.29) is 5.91 Å². The van der Waals surface area contributed by atoms with Crippen molar-refractivity contribution in [3.8, 4) is 0 Å². The van der Waals surface area contributed by atoms with Crippen LogP contribution >= 0.6 is 22.9 Å². The number of thiazole rings is 1. The van der Waals surface area contributed by atoms with Gasteiger partial charge in [0.05, 0.1) is 10.2 Å². The average molecular weight is 329 g/mol. The van der Waals surface area contributed by atoms with E-state index in [1.807, 2.05) is 42.5 Å². The molecule has 1 amide bonds. The van der Waals surface area contributed by atoms with Crippen LogP contribution in [0.5, 0.6) is 0 Å². The third-order valence-corrected chi connectivity index (χ3v) is 4.28. The van der Waals surface area contributed by atoms with Gasteiger partial charge in [-0.2, -0.15) is 0 Å². The molecule has 3 rings (SSSR count). The number of nitrogens with one attached hydrogen (secondary N) is 1. The van der Waals surface area contributed by atoms with E-state index in [9.17, 15) is 4.79 Å². The third kappa shape index (κ3) is 3.72. The zero-order valence-corrected chi connectivity index (χ0v) is 13.2. The van der Waals surface area contributed by atoms with E-state index >= 15 is 0 Å². The summed E-state index contributed by atoms with van der Waals surface area (Å²) in [7, 11) is 0. The number of rotatable bonds is 4. The van der Waals surface area contributed by atoms with E-state index in [2.05, 4.69) is 10.3 Å². The van der Waals surface area contributed by atoms with Crippen molar-refractivity contribution in [1.29, 1.82) is 0 Å². The molecule has 5 heteroatoms. The Bertz CT molecular complexity index is 808. The van der Waals surface area contributed by atoms with E-state index in [1.165, 1.54) is 6.08 Å². The van der Waals surface area contributed by atoms with Gasteiger partial charge in [-0.15, -0.1) is 11.3 Å². The summed E-state index contributed by atoms with van der Waals surface area (Å²) in [5.41, 5.74) is 1.92. The third-order valence-electron chi connectivity index (χ3n) is 3.04. The largest absolute Gasteiger partial charge is 0.348 e. The van der Waals surface area contributed by atoms with Gasteiger partial charge in [0.1, 0.15) is 5.01 Å². The van der Waals surface area contributed by atoms with Gasteiger partial charge in [-0.25, -0.2) is 4.98 Å². The summed E-state index contributed by atoms with van der Waals surface area (Å²) in [5, 5.41) is 4.30. The molecule has 1 N–H and O–H groups in total. The van der Waals surface area contributed by atoms with Gasteiger partial charge in [0.25, 0.3) is 0 Å². The fraction of sp³-hybridized carbons (Fsp3) is 0.0588. The Morgan fingerprint density at radius 2 is 2.09 bits per heavy atom. The van der Waals surface area contributed by atoms with Gasteiger partial charge < -0.3 is 5.32 Å². The molecule has 1 heterocycles. The number of hydrogen-bond acceptors (Lipinski definition) is 3. The summed E-state index contributed by atoms with van der Waals surface area (Å²) in [6.45, 7) is 0.448. The zero-order valence-electron chi connectivity index (χ0n) is 11.6. The predicted octanol–water partition coefficient (Wildman–Crippen LogP) is 4.28. The lowest BCUT2D eigenvalue weighted by molar-refractivity contribution is -0.116. The highest BCUT2D eigenvalue weighted by Crippen LogP contribution is 2.22. The smallest absolute Gasteiger partial charge is 0.244 e. The van der Waals surface area contributed by atoms with Crippen molar-refractivity contribution >= 4 is 45.1 Å². The standard InChI is InChI=1S/C17H13ClN2OS/c18-13-5-3-4-12(10-13)11-19-16(21)8-9-17-20-14-6-1-2-7-15(14)22-17/h1-10H,11H2,(H,19,21)/b9-8+. The van der Waals surface area contributed by atoms with Crippen molar-refractivity contribution in [3.05, 3.63) is 70.2 Å². The molecule has 0 spiro atoms. The molecule has 0 radical (unpaired) electrons. The molecule has 0 saturated carbocycles. The van der Waals surface area contributed by atoms with Gasteiger partial charge in [-0.05, 0) is 35.9 Å². The molecule has 0 bridgehead atoms. The van der Waals surface area contributed by atoms with Crippen molar-refractivity contribution in [2.24, 2.45) is 0 Å². The number of fused-ring (bicyclic) bond motifs is 1. The Morgan fingerprint density at radius 1 is 1.23 bits per heavy atom. The first-order chi connectivity index (χ1) is 10.7. The predicted molar refractivity (Wildman–Crippen MR) is 92.0 cm³/mol. The molecule has 0 atom stereocenters. The lowest BCUT2D eigenvalue weighted by Gasteiger charge is -2.02. The number of nitrogens with zero attached hydrogens (tertiary/aromatic N) is 1.